The van der Waals surface area contributed by atoms with Gasteiger partial charge in [-0.15, -0.1) is 0 Å². The highest BCUT2D eigenvalue weighted by Crippen LogP contribution is 2.15. The second kappa shape index (κ2) is 6.17. The maximum atomic E-state index is 8.51. The summed E-state index contributed by atoms with van der Waals surface area (Å²) in [5, 5.41) is 14.8. The van der Waals surface area contributed by atoms with E-state index < -0.39 is 0 Å². The zero-order valence-corrected chi connectivity index (χ0v) is 10.6. The summed E-state index contributed by atoms with van der Waals surface area (Å²) in [7, 11) is 2.14. The van der Waals surface area contributed by atoms with Crippen LogP contribution >= 0.6 is 0 Å². The molecule has 0 saturated carbocycles. The quantitative estimate of drug-likeness (QED) is 0.769. The summed E-state index contributed by atoms with van der Waals surface area (Å²) in [6, 6.07) is 4.34. The third-order valence-corrected chi connectivity index (χ3v) is 3.09. The summed E-state index contributed by atoms with van der Waals surface area (Å²) in [5.74, 6) is 1.50. The molecule has 1 aromatic rings. The van der Waals surface area contributed by atoms with Crippen molar-refractivity contribution < 1.29 is 0 Å². The number of hydrogen-bond acceptors (Lipinski definition) is 6. The number of nitrogens with one attached hydrogen (secondary N) is 2. The molecule has 1 saturated heterocycles. The number of piperidine rings is 1. The van der Waals surface area contributed by atoms with E-state index in [0.717, 1.165) is 31.7 Å². The summed E-state index contributed by atoms with van der Waals surface area (Å²) in [4.78, 5) is 10.6. The maximum absolute atomic E-state index is 8.51. The van der Waals surface area contributed by atoms with Crippen molar-refractivity contribution >= 4 is 11.6 Å². The molecule has 2 rings (SSSR count). The SMILES string of the molecule is CN1CCC(Nc2cc(NCC#N)ncn2)CC1. The molecule has 2 N–H and O–H groups in total. The van der Waals surface area contributed by atoms with E-state index in [1.807, 2.05) is 12.1 Å². The molecule has 96 valence electrons. The predicted molar refractivity (Wildman–Crippen MR) is 70.3 cm³/mol. The molecular weight excluding hydrogens is 228 g/mol. The Morgan fingerprint density at radius 3 is 2.83 bits per heavy atom. The van der Waals surface area contributed by atoms with E-state index in [0.29, 0.717) is 11.9 Å². The molecule has 1 aliphatic heterocycles. The summed E-state index contributed by atoms with van der Waals surface area (Å²) >= 11 is 0. The topological polar surface area (TPSA) is 76.9 Å². The van der Waals surface area contributed by atoms with Gasteiger partial charge in [-0.2, -0.15) is 5.26 Å². The molecule has 0 spiro atoms. The first-order valence-corrected chi connectivity index (χ1v) is 6.16. The van der Waals surface area contributed by atoms with Gasteiger partial charge in [0.2, 0.25) is 0 Å². The van der Waals surface area contributed by atoms with Gasteiger partial charge in [0.05, 0.1) is 6.07 Å². The van der Waals surface area contributed by atoms with E-state index in [1.54, 1.807) is 0 Å². The average Bonchev–Trinajstić information content (AvgIpc) is 2.40. The monoisotopic (exact) mass is 246 g/mol. The van der Waals surface area contributed by atoms with Crippen molar-refractivity contribution in [2.24, 2.45) is 0 Å². The van der Waals surface area contributed by atoms with Crippen LogP contribution in [0.4, 0.5) is 11.6 Å². The minimum Gasteiger partial charge on any atom is -0.367 e. The lowest BCUT2D eigenvalue weighted by atomic mass is 10.1. The molecule has 6 heteroatoms. The number of anilines is 2. The van der Waals surface area contributed by atoms with Gasteiger partial charge < -0.3 is 15.5 Å². The fourth-order valence-electron chi connectivity index (χ4n) is 2.03. The predicted octanol–water partition coefficient (Wildman–Crippen LogP) is 0.918. The Kier molecular flexibility index (Phi) is 4.31. The lowest BCUT2D eigenvalue weighted by Gasteiger charge is -2.29. The van der Waals surface area contributed by atoms with Crippen LogP contribution in [0.25, 0.3) is 0 Å². The number of nitriles is 1. The van der Waals surface area contributed by atoms with Gasteiger partial charge in [-0.25, -0.2) is 9.97 Å². The standard InChI is InChI=1S/C12H18N6/c1-18-6-2-10(3-7-18)17-12-8-11(14-5-4-13)15-9-16-12/h8-10H,2-3,5-7H2,1H3,(H2,14,15,16,17). The molecule has 6 nitrogen and oxygen atoms in total. The van der Waals surface area contributed by atoms with Crippen LogP contribution in [0.15, 0.2) is 12.4 Å². The number of nitrogens with zero attached hydrogens (tertiary/aromatic N) is 4. The van der Waals surface area contributed by atoms with Gasteiger partial charge in [0.1, 0.15) is 24.5 Å². The lowest BCUT2D eigenvalue weighted by Crippen LogP contribution is -2.36. The number of aromatic nitrogens is 2. The highest BCUT2D eigenvalue weighted by Gasteiger charge is 2.16. The Balaban J connectivity index is 1.91. The van der Waals surface area contributed by atoms with Crippen molar-refractivity contribution in [3.63, 3.8) is 0 Å². The Hall–Kier alpha value is -1.87. The van der Waals surface area contributed by atoms with Crippen LogP contribution in [-0.4, -0.2) is 47.6 Å². The van der Waals surface area contributed by atoms with Crippen molar-refractivity contribution in [3.05, 3.63) is 12.4 Å². The van der Waals surface area contributed by atoms with Crippen LogP contribution in [0.1, 0.15) is 12.8 Å². The Bertz CT molecular complexity index is 419. The molecule has 0 atom stereocenters. The van der Waals surface area contributed by atoms with Crippen LogP contribution in [-0.2, 0) is 0 Å². The molecule has 0 unspecified atom stereocenters. The maximum Gasteiger partial charge on any atom is 0.132 e. The minimum atomic E-state index is 0.255. The lowest BCUT2D eigenvalue weighted by molar-refractivity contribution is 0.263. The second-order valence-corrected chi connectivity index (χ2v) is 4.52. The van der Waals surface area contributed by atoms with Crippen LogP contribution in [0, 0.1) is 11.3 Å². The largest absolute Gasteiger partial charge is 0.367 e. The fourth-order valence-corrected chi connectivity index (χ4v) is 2.03. The van der Waals surface area contributed by atoms with Gasteiger partial charge in [-0.1, -0.05) is 0 Å². The van der Waals surface area contributed by atoms with E-state index in [-0.39, 0.29) is 6.54 Å². The molecule has 0 aliphatic carbocycles. The molecule has 0 radical (unpaired) electrons. The van der Waals surface area contributed by atoms with Gasteiger partial charge in [0.15, 0.2) is 0 Å². The van der Waals surface area contributed by atoms with E-state index in [9.17, 15) is 0 Å². The molecule has 18 heavy (non-hydrogen) atoms. The van der Waals surface area contributed by atoms with Gasteiger partial charge in [-0.3, -0.25) is 0 Å². The molecule has 2 heterocycles. The molecule has 1 aliphatic rings. The summed E-state index contributed by atoms with van der Waals surface area (Å²) < 4.78 is 0. The zero-order valence-electron chi connectivity index (χ0n) is 10.6. The third kappa shape index (κ3) is 3.57. The Labute approximate surface area is 107 Å². The number of rotatable bonds is 4. The van der Waals surface area contributed by atoms with Gasteiger partial charge >= 0.3 is 0 Å². The molecule has 1 aromatic heterocycles. The van der Waals surface area contributed by atoms with Gasteiger partial charge in [-0.05, 0) is 33.0 Å². The first-order chi connectivity index (χ1) is 8.78. The smallest absolute Gasteiger partial charge is 0.132 e. The molecule has 0 amide bonds. The van der Waals surface area contributed by atoms with Gasteiger partial charge in [0, 0.05) is 12.1 Å². The summed E-state index contributed by atoms with van der Waals surface area (Å²) in [6.07, 6.45) is 3.76. The van der Waals surface area contributed by atoms with Crippen molar-refractivity contribution in [2.45, 2.75) is 18.9 Å². The highest BCUT2D eigenvalue weighted by molar-refractivity contribution is 5.47. The molecule has 1 fully saturated rings. The number of likely N-dealkylation sites (tertiary alicyclic amines) is 1. The van der Waals surface area contributed by atoms with Crippen LogP contribution in [0.5, 0.6) is 0 Å². The van der Waals surface area contributed by atoms with Crippen LogP contribution in [0.3, 0.4) is 0 Å². The van der Waals surface area contributed by atoms with Crippen molar-refractivity contribution in [1.29, 1.82) is 5.26 Å². The molecular formula is C12H18N6. The van der Waals surface area contributed by atoms with E-state index in [1.165, 1.54) is 6.33 Å². The van der Waals surface area contributed by atoms with Crippen molar-refractivity contribution in [1.82, 2.24) is 14.9 Å². The number of hydrogen-bond donors (Lipinski definition) is 2. The van der Waals surface area contributed by atoms with E-state index in [2.05, 4.69) is 32.5 Å². The highest BCUT2D eigenvalue weighted by atomic mass is 15.1. The minimum absolute atomic E-state index is 0.255. The van der Waals surface area contributed by atoms with Crippen LogP contribution < -0.4 is 10.6 Å². The Morgan fingerprint density at radius 1 is 1.39 bits per heavy atom. The molecule has 0 bridgehead atoms. The molecule has 0 aromatic carbocycles. The van der Waals surface area contributed by atoms with E-state index in [4.69, 9.17) is 5.26 Å². The Morgan fingerprint density at radius 2 is 2.11 bits per heavy atom. The fraction of sp³-hybridized carbons (Fsp3) is 0.583. The van der Waals surface area contributed by atoms with Crippen molar-refractivity contribution in [3.8, 4) is 6.07 Å². The summed E-state index contributed by atoms with van der Waals surface area (Å²) in [5.41, 5.74) is 0. The first kappa shape index (κ1) is 12.6. The van der Waals surface area contributed by atoms with Crippen molar-refractivity contribution in [2.75, 3.05) is 37.3 Å². The van der Waals surface area contributed by atoms with E-state index >= 15 is 0 Å². The first-order valence-electron chi connectivity index (χ1n) is 6.16. The zero-order chi connectivity index (χ0) is 12.8. The average molecular weight is 246 g/mol. The normalized spacial score (nSPS) is 17.1. The van der Waals surface area contributed by atoms with Gasteiger partial charge in [0.25, 0.3) is 0 Å². The summed E-state index contributed by atoms with van der Waals surface area (Å²) in [6.45, 7) is 2.48. The second-order valence-electron chi connectivity index (χ2n) is 4.52. The van der Waals surface area contributed by atoms with Crippen LogP contribution in [0.2, 0.25) is 0 Å². The third-order valence-electron chi connectivity index (χ3n) is 3.09.